The molecule has 0 aliphatic heterocycles. The Morgan fingerprint density at radius 2 is 2.25 bits per heavy atom. The molecule has 20 heavy (non-hydrogen) atoms. The Balaban J connectivity index is 2.10. The summed E-state index contributed by atoms with van der Waals surface area (Å²) in [5.41, 5.74) is 1.57. The average Bonchev–Trinajstić information content (AvgIpc) is 2.81. The van der Waals surface area contributed by atoms with Crippen molar-refractivity contribution in [3.8, 4) is 0 Å². The van der Waals surface area contributed by atoms with Gasteiger partial charge in [0, 0.05) is 35.8 Å². The van der Waals surface area contributed by atoms with Crippen LogP contribution in [0.25, 0.3) is 10.9 Å². The zero-order valence-electron chi connectivity index (χ0n) is 11.6. The lowest BCUT2D eigenvalue weighted by atomic mass is 10.2. The molecule has 0 aliphatic rings. The number of rotatable bonds is 6. The SMILES string of the molecule is COCC(C)NC(=O)Cn1ccc2cc(C=O)ccc21. The van der Waals surface area contributed by atoms with Crippen LogP contribution in [0.1, 0.15) is 17.3 Å². The summed E-state index contributed by atoms with van der Waals surface area (Å²) in [6, 6.07) is 7.29. The van der Waals surface area contributed by atoms with E-state index in [2.05, 4.69) is 5.32 Å². The molecular weight excluding hydrogens is 256 g/mol. The third-order valence-corrected chi connectivity index (χ3v) is 3.07. The van der Waals surface area contributed by atoms with Gasteiger partial charge in [0.2, 0.25) is 5.91 Å². The van der Waals surface area contributed by atoms with E-state index in [0.29, 0.717) is 12.2 Å². The summed E-state index contributed by atoms with van der Waals surface area (Å²) in [4.78, 5) is 22.7. The van der Waals surface area contributed by atoms with E-state index in [-0.39, 0.29) is 18.5 Å². The van der Waals surface area contributed by atoms with Crippen LogP contribution >= 0.6 is 0 Å². The molecule has 0 radical (unpaired) electrons. The number of amides is 1. The molecule has 1 aromatic carbocycles. The first-order chi connectivity index (χ1) is 9.63. The number of hydrogen-bond acceptors (Lipinski definition) is 3. The summed E-state index contributed by atoms with van der Waals surface area (Å²) in [7, 11) is 1.60. The molecule has 5 heteroatoms. The summed E-state index contributed by atoms with van der Waals surface area (Å²) >= 11 is 0. The van der Waals surface area contributed by atoms with E-state index in [0.717, 1.165) is 17.2 Å². The summed E-state index contributed by atoms with van der Waals surface area (Å²) in [6.07, 6.45) is 2.66. The molecular formula is C15H18N2O3. The Kier molecular flexibility index (Phi) is 4.53. The van der Waals surface area contributed by atoms with Gasteiger partial charge in [-0.05, 0) is 31.2 Å². The van der Waals surface area contributed by atoms with Crippen LogP contribution in [-0.4, -0.2) is 36.5 Å². The predicted octanol–water partition coefficient (Wildman–Crippen LogP) is 1.60. The monoisotopic (exact) mass is 274 g/mol. The van der Waals surface area contributed by atoms with Crippen molar-refractivity contribution < 1.29 is 14.3 Å². The van der Waals surface area contributed by atoms with Gasteiger partial charge in [-0.3, -0.25) is 9.59 Å². The maximum absolute atomic E-state index is 11.9. The molecule has 0 saturated carbocycles. The predicted molar refractivity (Wildman–Crippen MR) is 76.8 cm³/mol. The molecule has 0 bridgehead atoms. The molecule has 1 unspecified atom stereocenters. The van der Waals surface area contributed by atoms with E-state index in [9.17, 15) is 9.59 Å². The highest BCUT2D eigenvalue weighted by atomic mass is 16.5. The first kappa shape index (κ1) is 14.3. The molecule has 0 saturated heterocycles. The van der Waals surface area contributed by atoms with E-state index >= 15 is 0 Å². The second-order valence-electron chi connectivity index (χ2n) is 4.80. The standard InChI is InChI=1S/C15H18N2O3/c1-11(10-20-2)16-15(19)8-17-6-5-13-7-12(9-18)3-4-14(13)17/h3-7,9,11H,8,10H2,1-2H3,(H,16,19). The molecule has 2 aromatic rings. The van der Waals surface area contributed by atoms with Gasteiger partial charge in [-0.2, -0.15) is 0 Å². The summed E-state index contributed by atoms with van der Waals surface area (Å²) in [5.74, 6) is -0.0634. The van der Waals surface area contributed by atoms with Gasteiger partial charge in [0.25, 0.3) is 0 Å². The number of carbonyl (C=O) groups is 2. The summed E-state index contributed by atoms with van der Waals surface area (Å²) in [6.45, 7) is 2.63. The van der Waals surface area contributed by atoms with Crippen molar-refractivity contribution in [3.05, 3.63) is 36.0 Å². The molecule has 1 amide bonds. The van der Waals surface area contributed by atoms with Gasteiger partial charge < -0.3 is 14.6 Å². The molecule has 1 heterocycles. The largest absolute Gasteiger partial charge is 0.383 e. The number of nitrogens with one attached hydrogen (secondary N) is 1. The van der Waals surface area contributed by atoms with Crippen LogP contribution in [0.4, 0.5) is 0 Å². The first-order valence-electron chi connectivity index (χ1n) is 6.46. The number of nitrogens with zero attached hydrogens (tertiary/aromatic N) is 1. The molecule has 5 nitrogen and oxygen atoms in total. The Labute approximate surface area is 117 Å². The van der Waals surface area contributed by atoms with E-state index in [1.54, 1.807) is 13.2 Å². The summed E-state index contributed by atoms with van der Waals surface area (Å²) < 4.78 is 6.84. The van der Waals surface area contributed by atoms with Crippen molar-refractivity contribution in [1.82, 2.24) is 9.88 Å². The number of hydrogen-bond donors (Lipinski definition) is 1. The number of benzene rings is 1. The molecule has 0 fully saturated rings. The fraction of sp³-hybridized carbons (Fsp3) is 0.333. The molecule has 1 N–H and O–H groups in total. The van der Waals surface area contributed by atoms with Crippen LogP contribution < -0.4 is 5.32 Å². The highest BCUT2D eigenvalue weighted by Gasteiger charge is 2.09. The third-order valence-electron chi connectivity index (χ3n) is 3.07. The minimum Gasteiger partial charge on any atom is -0.383 e. The maximum atomic E-state index is 11.9. The second-order valence-corrected chi connectivity index (χ2v) is 4.80. The fourth-order valence-electron chi connectivity index (χ4n) is 2.20. The van der Waals surface area contributed by atoms with E-state index in [4.69, 9.17) is 4.74 Å². The van der Waals surface area contributed by atoms with Gasteiger partial charge in [-0.25, -0.2) is 0 Å². The third kappa shape index (κ3) is 3.24. The van der Waals surface area contributed by atoms with E-state index < -0.39 is 0 Å². The zero-order chi connectivity index (χ0) is 14.5. The van der Waals surface area contributed by atoms with Crippen molar-refractivity contribution in [2.75, 3.05) is 13.7 Å². The van der Waals surface area contributed by atoms with Crippen LogP contribution in [-0.2, 0) is 16.1 Å². The van der Waals surface area contributed by atoms with Crippen LogP contribution in [0.3, 0.4) is 0 Å². The Morgan fingerprint density at radius 1 is 1.45 bits per heavy atom. The lowest BCUT2D eigenvalue weighted by Crippen LogP contribution is -2.37. The van der Waals surface area contributed by atoms with Crippen molar-refractivity contribution in [3.63, 3.8) is 0 Å². The van der Waals surface area contributed by atoms with Crippen molar-refractivity contribution in [1.29, 1.82) is 0 Å². The minimum absolute atomic E-state index is 0.0176. The van der Waals surface area contributed by atoms with Gasteiger partial charge in [0.1, 0.15) is 12.8 Å². The van der Waals surface area contributed by atoms with E-state index in [1.807, 2.05) is 35.9 Å². The van der Waals surface area contributed by atoms with E-state index in [1.165, 1.54) is 0 Å². The Bertz CT molecular complexity index is 619. The molecule has 0 spiro atoms. The quantitative estimate of drug-likeness (QED) is 0.814. The van der Waals surface area contributed by atoms with Crippen molar-refractivity contribution >= 4 is 23.1 Å². The number of fused-ring (bicyclic) bond motifs is 1. The average molecular weight is 274 g/mol. The lowest BCUT2D eigenvalue weighted by Gasteiger charge is -2.13. The van der Waals surface area contributed by atoms with Gasteiger partial charge >= 0.3 is 0 Å². The maximum Gasteiger partial charge on any atom is 0.240 e. The van der Waals surface area contributed by atoms with Crippen LogP contribution in [0, 0.1) is 0 Å². The normalized spacial score (nSPS) is 12.3. The number of carbonyl (C=O) groups excluding carboxylic acids is 2. The topological polar surface area (TPSA) is 60.3 Å². The Hall–Kier alpha value is -2.14. The second kappa shape index (κ2) is 6.34. The molecule has 1 aromatic heterocycles. The van der Waals surface area contributed by atoms with Crippen LogP contribution in [0.15, 0.2) is 30.5 Å². The molecule has 2 rings (SSSR count). The highest BCUT2D eigenvalue weighted by Crippen LogP contribution is 2.16. The fourth-order valence-corrected chi connectivity index (χ4v) is 2.20. The molecule has 106 valence electrons. The number of ether oxygens (including phenoxy) is 1. The smallest absolute Gasteiger partial charge is 0.240 e. The highest BCUT2D eigenvalue weighted by molar-refractivity contribution is 5.88. The van der Waals surface area contributed by atoms with Gasteiger partial charge in [-0.1, -0.05) is 0 Å². The Morgan fingerprint density at radius 3 is 2.95 bits per heavy atom. The van der Waals surface area contributed by atoms with Gasteiger partial charge in [-0.15, -0.1) is 0 Å². The molecule has 1 atom stereocenters. The minimum atomic E-state index is -0.0634. The van der Waals surface area contributed by atoms with Crippen LogP contribution in [0.5, 0.6) is 0 Å². The number of aromatic nitrogens is 1. The van der Waals surface area contributed by atoms with Crippen LogP contribution in [0.2, 0.25) is 0 Å². The molecule has 0 aliphatic carbocycles. The number of aldehydes is 1. The van der Waals surface area contributed by atoms with Crippen molar-refractivity contribution in [2.45, 2.75) is 19.5 Å². The lowest BCUT2D eigenvalue weighted by molar-refractivity contribution is -0.122. The van der Waals surface area contributed by atoms with Gasteiger partial charge in [0.05, 0.1) is 6.61 Å². The number of methoxy groups -OCH3 is 1. The zero-order valence-corrected chi connectivity index (χ0v) is 11.6. The first-order valence-corrected chi connectivity index (χ1v) is 6.46. The summed E-state index contributed by atoms with van der Waals surface area (Å²) in [5, 5.41) is 3.82. The van der Waals surface area contributed by atoms with Crippen molar-refractivity contribution in [2.24, 2.45) is 0 Å². The van der Waals surface area contributed by atoms with Gasteiger partial charge in [0.15, 0.2) is 0 Å².